The first kappa shape index (κ1) is 27.0. The predicted octanol–water partition coefficient (Wildman–Crippen LogP) is 5.97. The number of benzene rings is 2. The van der Waals surface area contributed by atoms with Gasteiger partial charge in [-0.15, -0.1) is 0 Å². The first-order chi connectivity index (χ1) is 19.1. The van der Waals surface area contributed by atoms with Gasteiger partial charge in [0.05, 0.1) is 11.3 Å². The van der Waals surface area contributed by atoms with Crippen molar-refractivity contribution in [1.29, 1.82) is 0 Å². The largest absolute Gasteiger partial charge is 0.465 e. The summed E-state index contributed by atoms with van der Waals surface area (Å²) in [7, 11) is 1.63. The third-order valence-corrected chi connectivity index (χ3v) is 7.48. The second-order valence-electron chi connectivity index (χ2n) is 10.2. The van der Waals surface area contributed by atoms with Crippen LogP contribution in [-0.2, 0) is 10.3 Å². The van der Waals surface area contributed by atoms with Gasteiger partial charge in [0.2, 0.25) is 0 Å². The Balaban J connectivity index is 1.46. The number of aromatic amines is 1. The number of carboxylic acid groups (broad SMARTS) is 1. The molecule has 0 saturated carbocycles. The van der Waals surface area contributed by atoms with Crippen molar-refractivity contribution in [3.63, 3.8) is 0 Å². The van der Waals surface area contributed by atoms with Gasteiger partial charge >= 0.3 is 6.09 Å². The first-order valence-electron chi connectivity index (χ1n) is 12.9. The molecule has 0 radical (unpaired) electrons. The lowest BCUT2D eigenvalue weighted by Gasteiger charge is -2.23. The van der Waals surface area contributed by atoms with Gasteiger partial charge in [0.1, 0.15) is 17.8 Å². The van der Waals surface area contributed by atoms with Gasteiger partial charge in [-0.3, -0.25) is 4.79 Å². The topological polar surface area (TPSA) is 120 Å². The van der Waals surface area contributed by atoms with Crippen LogP contribution in [0.2, 0.25) is 0 Å². The molecule has 40 heavy (non-hydrogen) atoms. The van der Waals surface area contributed by atoms with E-state index in [1.165, 1.54) is 23.4 Å². The van der Waals surface area contributed by atoms with E-state index in [0.717, 1.165) is 16.8 Å². The fraction of sp³-hybridized carbons (Fsp3) is 0.267. The Labute approximate surface area is 230 Å². The average molecular weight is 544 g/mol. The molecule has 3 heterocycles. The molecule has 0 atom stereocenters. The highest BCUT2D eigenvalue weighted by Gasteiger charge is 2.22. The number of amides is 2. The zero-order chi connectivity index (χ0) is 28.6. The Bertz CT molecular complexity index is 1640. The molecule has 3 N–H and O–H groups in total. The third-order valence-electron chi connectivity index (χ3n) is 7.48. The molecule has 206 valence electrons. The van der Waals surface area contributed by atoms with Crippen molar-refractivity contribution in [2.75, 3.05) is 25.5 Å². The van der Waals surface area contributed by atoms with Crippen LogP contribution in [0.15, 0.2) is 54.9 Å². The molecule has 0 bridgehead atoms. The number of nitrogens with one attached hydrogen (secondary N) is 2. The summed E-state index contributed by atoms with van der Waals surface area (Å²) >= 11 is 0. The maximum absolute atomic E-state index is 14.9. The fourth-order valence-corrected chi connectivity index (χ4v) is 4.81. The SMILES string of the molecule is COC(C)(C)c1ccc(C(=O)Nc2cc(F)cc(-c3ncnc4[nH]c(C5=CCN(C(=O)O)CC5)cc34)c2C)cc1. The van der Waals surface area contributed by atoms with Crippen LogP contribution in [0.5, 0.6) is 0 Å². The fourth-order valence-electron chi connectivity index (χ4n) is 4.81. The van der Waals surface area contributed by atoms with Crippen LogP contribution in [0.4, 0.5) is 14.9 Å². The number of aromatic nitrogens is 3. The number of ether oxygens (including phenoxy) is 1. The Morgan fingerprint density at radius 1 is 1.15 bits per heavy atom. The summed E-state index contributed by atoms with van der Waals surface area (Å²) in [6, 6.07) is 11.7. The van der Waals surface area contributed by atoms with E-state index >= 15 is 0 Å². The summed E-state index contributed by atoms with van der Waals surface area (Å²) in [6.07, 6.45) is 2.89. The molecule has 0 saturated heterocycles. The lowest BCUT2D eigenvalue weighted by molar-refractivity contribution is 0.0192. The van der Waals surface area contributed by atoms with Gasteiger partial charge in [-0.1, -0.05) is 18.2 Å². The number of carbonyl (C=O) groups excluding carboxylic acids is 1. The van der Waals surface area contributed by atoms with E-state index in [4.69, 9.17) is 4.74 Å². The molecule has 1 aliphatic heterocycles. The third kappa shape index (κ3) is 5.17. The van der Waals surface area contributed by atoms with Crippen LogP contribution in [0.25, 0.3) is 27.9 Å². The van der Waals surface area contributed by atoms with Gasteiger partial charge in [0, 0.05) is 48.1 Å². The van der Waals surface area contributed by atoms with Crippen molar-refractivity contribution in [3.8, 4) is 11.3 Å². The number of halogens is 1. The van der Waals surface area contributed by atoms with Gasteiger partial charge in [-0.25, -0.2) is 19.2 Å². The monoisotopic (exact) mass is 543 g/mol. The van der Waals surface area contributed by atoms with Gasteiger partial charge in [-0.05, 0) is 74.2 Å². The molecule has 0 unspecified atom stereocenters. The highest BCUT2D eigenvalue weighted by molar-refractivity contribution is 6.05. The normalized spacial score (nSPS) is 13.8. The quantitative estimate of drug-likeness (QED) is 0.275. The van der Waals surface area contributed by atoms with Crippen LogP contribution >= 0.6 is 0 Å². The molecule has 0 spiro atoms. The molecule has 9 nitrogen and oxygen atoms in total. The summed E-state index contributed by atoms with van der Waals surface area (Å²) < 4.78 is 20.4. The molecule has 4 aromatic rings. The van der Waals surface area contributed by atoms with Crippen molar-refractivity contribution in [2.24, 2.45) is 0 Å². The predicted molar refractivity (Wildman–Crippen MR) is 151 cm³/mol. The maximum Gasteiger partial charge on any atom is 0.407 e. The second-order valence-corrected chi connectivity index (χ2v) is 10.2. The summed E-state index contributed by atoms with van der Waals surface area (Å²) in [6.45, 7) is 6.39. The number of fused-ring (bicyclic) bond motifs is 1. The maximum atomic E-state index is 14.9. The molecular formula is C30H30FN5O4. The minimum Gasteiger partial charge on any atom is -0.465 e. The van der Waals surface area contributed by atoms with Crippen LogP contribution in [0, 0.1) is 12.7 Å². The smallest absolute Gasteiger partial charge is 0.407 e. The Kier molecular flexibility index (Phi) is 7.12. The standard InChI is InChI=1S/C30H30FN5O4/c1-17-22(13-21(31)14-24(17)35-28(37)19-5-7-20(8-6-19)30(2,3)40-4)26-23-15-25(34-27(23)33-16-32-26)18-9-11-36(12-10-18)29(38)39/h5-9,13-16H,10-12H2,1-4H3,(H,35,37)(H,38,39)(H,32,33,34). The Morgan fingerprint density at radius 3 is 2.55 bits per heavy atom. The number of methoxy groups -OCH3 is 1. The van der Waals surface area contributed by atoms with E-state index in [9.17, 15) is 19.1 Å². The minimum absolute atomic E-state index is 0.303. The molecule has 1 aliphatic rings. The summed E-state index contributed by atoms with van der Waals surface area (Å²) in [5.74, 6) is -0.878. The number of H-pyrrole nitrogens is 1. The number of carbonyl (C=O) groups is 2. The van der Waals surface area contributed by atoms with Crippen LogP contribution in [0.1, 0.15) is 47.4 Å². The summed E-state index contributed by atoms with van der Waals surface area (Å²) in [4.78, 5) is 37.8. The van der Waals surface area contributed by atoms with Gasteiger partial charge in [-0.2, -0.15) is 0 Å². The van der Waals surface area contributed by atoms with Crippen molar-refractivity contribution >= 4 is 34.3 Å². The average Bonchev–Trinajstić information content (AvgIpc) is 3.39. The minimum atomic E-state index is -0.948. The summed E-state index contributed by atoms with van der Waals surface area (Å²) in [5.41, 5.74) is 5.28. The van der Waals surface area contributed by atoms with Gasteiger partial charge in [0.15, 0.2) is 0 Å². The molecule has 2 amide bonds. The number of nitrogens with zero attached hydrogens (tertiary/aromatic N) is 3. The van der Waals surface area contributed by atoms with Gasteiger partial charge < -0.3 is 25.0 Å². The number of hydrogen-bond acceptors (Lipinski definition) is 5. The van der Waals surface area contributed by atoms with Crippen molar-refractivity contribution < 1.29 is 23.8 Å². The Morgan fingerprint density at radius 2 is 1.90 bits per heavy atom. The number of hydrogen-bond donors (Lipinski definition) is 3. The van der Waals surface area contributed by atoms with E-state index in [1.54, 1.807) is 26.2 Å². The molecule has 5 rings (SSSR count). The second kappa shape index (κ2) is 10.5. The Hall–Kier alpha value is -4.57. The molecule has 0 aliphatic carbocycles. The number of rotatable bonds is 6. The molecule has 10 heteroatoms. The van der Waals surface area contributed by atoms with E-state index in [0.29, 0.717) is 58.6 Å². The highest BCUT2D eigenvalue weighted by atomic mass is 19.1. The first-order valence-corrected chi connectivity index (χ1v) is 12.9. The highest BCUT2D eigenvalue weighted by Crippen LogP contribution is 2.35. The summed E-state index contributed by atoms with van der Waals surface area (Å²) in [5, 5.41) is 12.8. The lowest BCUT2D eigenvalue weighted by atomic mass is 9.96. The molecule has 0 fully saturated rings. The lowest BCUT2D eigenvalue weighted by Crippen LogP contribution is -2.33. The molecule has 2 aromatic carbocycles. The molecular weight excluding hydrogens is 513 g/mol. The van der Waals surface area contributed by atoms with Crippen LogP contribution < -0.4 is 5.32 Å². The van der Waals surface area contributed by atoms with Crippen molar-refractivity contribution in [3.05, 3.63) is 83.1 Å². The zero-order valence-corrected chi connectivity index (χ0v) is 22.7. The van der Waals surface area contributed by atoms with Crippen molar-refractivity contribution in [1.82, 2.24) is 19.9 Å². The molecule has 2 aromatic heterocycles. The van der Waals surface area contributed by atoms with E-state index in [-0.39, 0.29) is 5.91 Å². The van der Waals surface area contributed by atoms with E-state index in [2.05, 4.69) is 20.3 Å². The van der Waals surface area contributed by atoms with Crippen molar-refractivity contribution in [2.45, 2.75) is 32.8 Å². The van der Waals surface area contributed by atoms with E-state index in [1.807, 2.05) is 38.1 Å². The zero-order valence-electron chi connectivity index (χ0n) is 22.7. The number of anilines is 1. The van der Waals surface area contributed by atoms with E-state index < -0.39 is 17.5 Å². The van der Waals surface area contributed by atoms with Crippen LogP contribution in [0.3, 0.4) is 0 Å². The van der Waals surface area contributed by atoms with Crippen LogP contribution in [-0.4, -0.2) is 57.2 Å². The van der Waals surface area contributed by atoms with Gasteiger partial charge in [0.25, 0.3) is 5.91 Å².